The van der Waals surface area contributed by atoms with Crippen molar-refractivity contribution in [3.63, 3.8) is 0 Å². The van der Waals surface area contributed by atoms with Crippen molar-refractivity contribution < 1.29 is 8.78 Å². The Morgan fingerprint density at radius 3 is 2.84 bits per heavy atom. The van der Waals surface area contributed by atoms with Crippen LogP contribution in [0.3, 0.4) is 0 Å². The predicted molar refractivity (Wildman–Crippen MR) is 98.2 cm³/mol. The summed E-state index contributed by atoms with van der Waals surface area (Å²) in [5, 5.41) is 9.81. The summed E-state index contributed by atoms with van der Waals surface area (Å²) in [5.41, 5.74) is 3.23. The van der Waals surface area contributed by atoms with Crippen LogP contribution < -0.4 is 5.32 Å². The number of benzene rings is 1. The third-order valence-corrected chi connectivity index (χ3v) is 5.99. The van der Waals surface area contributed by atoms with Gasteiger partial charge in [0.1, 0.15) is 4.99 Å². The number of rotatable bonds is 5. The van der Waals surface area contributed by atoms with Crippen LogP contribution in [-0.2, 0) is 6.42 Å². The van der Waals surface area contributed by atoms with E-state index < -0.39 is 6.43 Å². The van der Waals surface area contributed by atoms with Gasteiger partial charge < -0.3 is 5.32 Å². The van der Waals surface area contributed by atoms with Crippen molar-refractivity contribution in [2.24, 2.45) is 11.8 Å². The van der Waals surface area contributed by atoms with E-state index in [2.05, 4.69) is 27.6 Å². The highest BCUT2D eigenvalue weighted by molar-refractivity contribution is 7.81. The number of anilines is 1. The van der Waals surface area contributed by atoms with Crippen LogP contribution in [0.15, 0.2) is 30.5 Å². The second-order valence-electron chi connectivity index (χ2n) is 7.18. The van der Waals surface area contributed by atoms with E-state index in [0.717, 1.165) is 17.5 Å². The summed E-state index contributed by atoms with van der Waals surface area (Å²) in [4.78, 5) is 0.444. The van der Waals surface area contributed by atoms with Crippen molar-refractivity contribution in [2.75, 3.05) is 5.32 Å². The van der Waals surface area contributed by atoms with Gasteiger partial charge in [-0.3, -0.25) is 5.10 Å². The fraction of sp³-hybridized carbons (Fsp3) is 0.474. The summed E-state index contributed by atoms with van der Waals surface area (Å²) in [5.74, 6) is 2.21. The number of nitrogens with zero attached hydrogens (tertiary/aromatic N) is 1. The molecule has 2 aliphatic carbocycles. The van der Waals surface area contributed by atoms with Gasteiger partial charge in [0.25, 0.3) is 0 Å². The minimum atomic E-state index is -2.43. The number of nitrogens with one attached hydrogen (secondary N) is 2. The zero-order chi connectivity index (χ0) is 17.4. The maximum Gasteiger partial charge on any atom is 0.244 e. The molecule has 0 saturated heterocycles. The molecular weight excluding hydrogens is 340 g/mol. The zero-order valence-electron chi connectivity index (χ0n) is 13.8. The highest BCUT2D eigenvalue weighted by Crippen LogP contribution is 2.54. The number of hydrogen-bond acceptors (Lipinski definition) is 2. The molecule has 1 aromatic carbocycles. The predicted octanol–water partition coefficient (Wildman–Crippen LogP) is 4.91. The highest BCUT2D eigenvalue weighted by Gasteiger charge is 2.40. The van der Waals surface area contributed by atoms with Crippen molar-refractivity contribution in [2.45, 2.75) is 44.4 Å². The normalized spacial score (nSPS) is 24.8. The fourth-order valence-electron chi connectivity index (χ4n) is 4.57. The number of aromatic amines is 1. The standard InChI is InChI=1S/C19H21F2N3S/c20-18(21)9-17-15(10-22-24-17)19(25)23-16-4-2-1-3-13(16)14-8-11-5-6-12(14)7-11/h1-4,10-12,14,18H,5-9H2,(H,22,24)(H,23,25). The lowest BCUT2D eigenvalue weighted by Gasteiger charge is -2.25. The summed E-state index contributed by atoms with van der Waals surface area (Å²) in [7, 11) is 0. The average molecular weight is 361 g/mol. The van der Waals surface area contributed by atoms with Crippen molar-refractivity contribution in [1.82, 2.24) is 10.2 Å². The van der Waals surface area contributed by atoms with Gasteiger partial charge >= 0.3 is 0 Å². The number of aromatic nitrogens is 2. The lowest BCUT2D eigenvalue weighted by molar-refractivity contribution is 0.147. The van der Waals surface area contributed by atoms with Crippen molar-refractivity contribution in [3.05, 3.63) is 47.3 Å². The van der Waals surface area contributed by atoms with Crippen LogP contribution >= 0.6 is 12.2 Å². The largest absolute Gasteiger partial charge is 0.346 e. The summed E-state index contributed by atoms with van der Waals surface area (Å²) >= 11 is 5.48. The first-order chi connectivity index (χ1) is 12.1. The molecule has 4 rings (SSSR count). The van der Waals surface area contributed by atoms with Crippen LogP contribution in [0.4, 0.5) is 14.5 Å². The molecule has 1 heterocycles. The third-order valence-electron chi connectivity index (χ3n) is 5.67. The van der Waals surface area contributed by atoms with Crippen molar-refractivity contribution >= 4 is 22.9 Å². The van der Waals surface area contributed by atoms with Gasteiger partial charge in [-0.1, -0.05) is 36.8 Å². The van der Waals surface area contributed by atoms with E-state index in [4.69, 9.17) is 12.2 Å². The molecule has 3 unspecified atom stereocenters. The lowest BCUT2D eigenvalue weighted by atomic mass is 9.82. The van der Waals surface area contributed by atoms with E-state index in [1.54, 1.807) is 0 Å². The van der Waals surface area contributed by atoms with Gasteiger partial charge in [-0.15, -0.1) is 0 Å². The molecule has 2 aliphatic rings. The molecule has 1 aromatic heterocycles. The Bertz CT molecular complexity index is 774. The van der Waals surface area contributed by atoms with E-state index >= 15 is 0 Å². The fourth-order valence-corrected chi connectivity index (χ4v) is 4.85. The van der Waals surface area contributed by atoms with Gasteiger partial charge in [-0.25, -0.2) is 8.78 Å². The molecule has 25 heavy (non-hydrogen) atoms. The Morgan fingerprint density at radius 1 is 1.28 bits per heavy atom. The van der Waals surface area contributed by atoms with E-state index in [1.165, 1.54) is 37.4 Å². The SMILES string of the molecule is FC(F)Cc1[nH]ncc1C(=S)Nc1ccccc1C1CC2CCC1C2. The van der Waals surface area contributed by atoms with E-state index in [9.17, 15) is 8.78 Å². The molecule has 0 radical (unpaired) electrons. The summed E-state index contributed by atoms with van der Waals surface area (Å²) in [6.07, 6.45) is 3.99. The minimum Gasteiger partial charge on any atom is -0.346 e. The summed E-state index contributed by atoms with van der Waals surface area (Å²) < 4.78 is 25.4. The molecule has 3 atom stereocenters. The first kappa shape index (κ1) is 16.6. The Morgan fingerprint density at radius 2 is 2.12 bits per heavy atom. The van der Waals surface area contributed by atoms with Gasteiger partial charge in [0.2, 0.25) is 6.43 Å². The Hall–Kier alpha value is -1.82. The molecule has 6 heteroatoms. The average Bonchev–Trinajstić information content (AvgIpc) is 3.31. The van der Waals surface area contributed by atoms with Gasteiger partial charge in [0.15, 0.2) is 0 Å². The van der Waals surface area contributed by atoms with Crippen molar-refractivity contribution in [1.29, 1.82) is 0 Å². The molecule has 132 valence electrons. The number of fused-ring (bicyclic) bond motifs is 2. The first-order valence-electron chi connectivity index (χ1n) is 8.82. The number of para-hydroxylation sites is 1. The maximum atomic E-state index is 12.7. The first-order valence-corrected chi connectivity index (χ1v) is 9.23. The van der Waals surface area contributed by atoms with Crippen LogP contribution in [0.25, 0.3) is 0 Å². The van der Waals surface area contributed by atoms with E-state index in [0.29, 0.717) is 22.2 Å². The monoisotopic (exact) mass is 361 g/mol. The molecule has 2 aromatic rings. The second kappa shape index (κ2) is 6.83. The Kier molecular flexibility index (Phi) is 4.54. The second-order valence-corrected chi connectivity index (χ2v) is 7.59. The molecule has 2 bridgehead atoms. The maximum absolute atomic E-state index is 12.7. The molecule has 0 spiro atoms. The summed E-state index contributed by atoms with van der Waals surface area (Å²) in [6.45, 7) is 0. The van der Waals surface area contributed by atoms with Crippen molar-refractivity contribution in [3.8, 4) is 0 Å². The smallest absolute Gasteiger partial charge is 0.244 e. The number of H-pyrrole nitrogens is 1. The number of thiocarbonyl (C=S) groups is 1. The van der Waals surface area contributed by atoms with Gasteiger partial charge in [-0.05, 0) is 48.6 Å². The van der Waals surface area contributed by atoms with Crippen LogP contribution in [0.1, 0.15) is 48.4 Å². The number of alkyl halides is 2. The van der Waals surface area contributed by atoms with E-state index in [-0.39, 0.29) is 6.42 Å². The number of halogens is 2. The Labute approximate surface area is 151 Å². The Balaban J connectivity index is 1.55. The van der Waals surface area contributed by atoms with Gasteiger partial charge in [-0.2, -0.15) is 5.10 Å². The van der Waals surface area contributed by atoms with Crippen LogP contribution in [-0.4, -0.2) is 21.6 Å². The molecule has 2 saturated carbocycles. The molecule has 2 N–H and O–H groups in total. The summed E-state index contributed by atoms with van der Waals surface area (Å²) in [6, 6.07) is 8.25. The zero-order valence-corrected chi connectivity index (χ0v) is 14.7. The van der Waals surface area contributed by atoms with Crippen LogP contribution in [0.2, 0.25) is 0 Å². The molecule has 2 fully saturated rings. The van der Waals surface area contributed by atoms with Crippen LogP contribution in [0, 0.1) is 11.8 Å². The highest BCUT2D eigenvalue weighted by atomic mass is 32.1. The molecule has 3 nitrogen and oxygen atoms in total. The van der Waals surface area contributed by atoms with Crippen LogP contribution in [0.5, 0.6) is 0 Å². The quantitative estimate of drug-likeness (QED) is 0.744. The van der Waals surface area contributed by atoms with Gasteiger partial charge in [0, 0.05) is 5.69 Å². The third kappa shape index (κ3) is 3.32. The minimum absolute atomic E-state index is 0.370. The molecule has 0 aliphatic heterocycles. The lowest BCUT2D eigenvalue weighted by Crippen LogP contribution is -2.17. The number of hydrogen-bond donors (Lipinski definition) is 2. The van der Waals surface area contributed by atoms with E-state index in [1.807, 2.05) is 12.1 Å². The van der Waals surface area contributed by atoms with Gasteiger partial charge in [0.05, 0.1) is 23.9 Å². The molecule has 0 amide bonds. The topological polar surface area (TPSA) is 40.7 Å². The molecular formula is C19H21F2N3S.